The second-order valence-corrected chi connectivity index (χ2v) is 4.09. The average Bonchev–Trinajstić information content (AvgIpc) is 2.39. The summed E-state index contributed by atoms with van der Waals surface area (Å²) in [6.45, 7) is 3.93. The van der Waals surface area contributed by atoms with Crippen molar-refractivity contribution in [3.05, 3.63) is 35.6 Å². The van der Waals surface area contributed by atoms with Gasteiger partial charge in [-0.3, -0.25) is 0 Å². The van der Waals surface area contributed by atoms with E-state index >= 15 is 0 Å². The molecule has 0 saturated heterocycles. The van der Waals surface area contributed by atoms with E-state index in [1.54, 1.807) is 7.11 Å². The minimum Gasteiger partial charge on any atom is -0.385 e. The zero-order valence-corrected chi connectivity index (χ0v) is 11.0. The van der Waals surface area contributed by atoms with Crippen molar-refractivity contribution in [2.75, 3.05) is 40.0 Å². The van der Waals surface area contributed by atoms with Gasteiger partial charge in [-0.2, -0.15) is 0 Å². The predicted octanol–water partition coefficient (Wildman–Crippen LogP) is 2.01. The minimum atomic E-state index is -0.184. The summed E-state index contributed by atoms with van der Waals surface area (Å²) in [5.74, 6) is -0.184. The number of hydrogen-bond donors (Lipinski definition) is 1. The van der Waals surface area contributed by atoms with Crippen LogP contribution < -0.4 is 5.32 Å². The lowest BCUT2D eigenvalue weighted by atomic mass is 10.1. The Labute approximate surface area is 108 Å². The molecular formula is C14H22FNO2. The van der Waals surface area contributed by atoms with Crippen molar-refractivity contribution < 1.29 is 13.9 Å². The number of rotatable bonds is 10. The van der Waals surface area contributed by atoms with Gasteiger partial charge < -0.3 is 14.8 Å². The molecule has 1 rings (SSSR count). The summed E-state index contributed by atoms with van der Waals surface area (Å²) in [5, 5.41) is 3.29. The summed E-state index contributed by atoms with van der Waals surface area (Å²) < 4.78 is 23.0. The van der Waals surface area contributed by atoms with Gasteiger partial charge in [-0.1, -0.05) is 12.1 Å². The van der Waals surface area contributed by atoms with Crippen LogP contribution in [-0.2, 0) is 15.9 Å². The third-order valence-corrected chi connectivity index (χ3v) is 2.56. The fourth-order valence-corrected chi connectivity index (χ4v) is 1.56. The van der Waals surface area contributed by atoms with E-state index in [1.165, 1.54) is 12.1 Å². The van der Waals surface area contributed by atoms with Gasteiger partial charge in [-0.25, -0.2) is 4.39 Å². The van der Waals surface area contributed by atoms with Crippen LogP contribution in [-0.4, -0.2) is 40.0 Å². The molecule has 0 radical (unpaired) electrons. The Morgan fingerprint density at radius 3 is 2.56 bits per heavy atom. The Hall–Kier alpha value is -0.970. The van der Waals surface area contributed by atoms with Crippen LogP contribution in [0.5, 0.6) is 0 Å². The monoisotopic (exact) mass is 255 g/mol. The molecule has 102 valence electrons. The van der Waals surface area contributed by atoms with E-state index in [0.717, 1.165) is 44.7 Å². The molecule has 0 amide bonds. The highest BCUT2D eigenvalue weighted by atomic mass is 19.1. The molecule has 1 aromatic carbocycles. The maximum atomic E-state index is 12.7. The van der Waals surface area contributed by atoms with Crippen LogP contribution in [0.3, 0.4) is 0 Å². The zero-order valence-electron chi connectivity index (χ0n) is 11.0. The highest BCUT2D eigenvalue weighted by molar-refractivity contribution is 5.16. The van der Waals surface area contributed by atoms with Gasteiger partial charge in [0.05, 0.1) is 6.61 Å². The number of halogens is 1. The highest BCUT2D eigenvalue weighted by Crippen LogP contribution is 2.02. The smallest absolute Gasteiger partial charge is 0.123 e. The maximum absolute atomic E-state index is 12.7. The Bertz CT molecular complexity index is 303. The quantitative estimate of drug-likeness (QED) is 0.649. The molecule has 0 bridgehead atoms. The molecular weight excluding hydrogens is 233 g/mol. The number of ether oxygens (including phenoxy) is 2. The van der Waals surface area contributed by atoms with E-state index < -0.39 is 0 Å². The molecule has 1 aromatic rings. The molecule has 18 heavy (non-hydrogen) atoms. The van der Waals surface area contributed by atoms with Crippen molar-refractivity contribution in [3.8, 4) is 0 Å². The van der Waals surface area contributed by atoms with Crippen molar-refractivity contribution in [2.24, 2.45) is 0 Å². The average molecular weight is 255 g/mol. The van der Waals surface area contributed by atoms with E-state index in [2.05, 4.69) is 5.32 Å². The summed E-state index contributed by atoms with van der Waals surface area (Å²) in [7, 11) is 1.69. The lowest BCUT2D eigenvalue weighted by Gasteiger charge is -2.06. The van der Waals surface area contributed by atoms with Crippen LogP contribution in [0.4, 0.5) is 4.39 Å². The van der Waals surface area contributed by atoms with Gasteiger partial charge in [0.15, 0.2) is 0 Å². The third kappa shape index (κ3) is 7.37. The van der Waals surface area contributed by atoms with Crippen LogP contribution in [0.15, 0.2) is 24.3 Å². The molecule has 0 fully saturated rings. The first kappa shape index (κ1) is 15.1. The van der Waals surface area contributed by atoms with Crippen LogP contribution in [0.1, 0.15) is 12.0 Å². The van der Waals surface area contributed by atoms with E-state index in [9.17, 15) is 4.39 Å². The zero-order chi connectivity index (χ0) is 13.1. The molecule has 0 heterocycles. The van der Waals surface area contributed by atoms with Gasteiger partial charge in [0.25, 0.3) is 0 Å². The standard InChI is InChI=1S/C14H22FNO2/c1-17-10-2-11-18-12-9-16-8-7-13-3-5-14(15)6-4-13/h3-6,16H,2,7-12H2,1H3. The van der Waals surface area contributed by atoms with E-state index in [-0.39, 0.29) is 5.82 Å². The SMILES string of the molecule is COCCCOCCNCCc1ccc(F)cc1. The van der Waals surface area contributed by atoms with Crippen molar-refractivity contribution in [3.63, 3.8) is 0 Å². The molecule has 0 aliphatic rings. The Kier molecular flexibility index (Phi) is 8.38. The molecule has 3 nitrogen and oxygen atoms in total. The van der Waals surface area contributed by atoms with Crippen molar-refractivity contribution in [1.82, 2.24) is 5.32 Å². The summed E-state index contributed by atoms with van der Waals surface area (Å²) in [4.78, 5) is 0. The minimum absolute atomic E-state index is 0.184. The molecule has 4 heteroatoms. The highest BCUT2D eigenvalue weighted by Gasteiger charge is 1.94. The van der Waals surface area contributed by atoms with Crippen molar-refractivity contribution >= 4 is 0 Å². The van der Waals surface area contributed by atoms with Crippen LogP contribution in [0.25, 0.3) is 0 Å². The molecule has 0 spiro atoms. The predicted molar refractivity (Wildman–Crippen MR) is 70.3 cm³/mol. The van der Waals surface area contributed by atoms with Crippen LogP contribution in [0.2, 0.25) is 0 Å². The van der Waals surface area contributed by atoms with Crippen LogP contribution in [0, 0.1) is 5.82 Å². The topological polar surface area (TPSA) is 30.5 Å². The second kappa shape index (κ2) is 10.00. The fraction of sp³-hybridized carbons (Fsp3) is 0.571. The number of nitrogens with one attached hydrogen (secondary N) is 1. The number of benzene rings is 1. The Balaban J connectivity index is 1.91. The molecule has 0 saturated carbocycles. The second-order valence-electron chi connectivity index (χ2n) is 4.09. The third-order valence-electron chi connectivity index (χ3n) is 2.56. The summed E-state index contributed by atoms with van der Waals surface area (Å²) in [5.41, 5.74) is 1.14. The Morgan fingerprint density at radius 2 is 1.83 bits per heavy atom. The number of hydrogen-bond acceptors (Lipinski definition) is 3. The summed E-state index contributed by atoms with van der Waals surface area (Å²) in [6, 6.07) is 6.62. The van der Waals surface area contributed by atoms with Crippen LogP contribution >= 0.6 is 0 Å². The largest absolute Gasteiger partial charge is 0.385 e. The van der Waals surface area contributed by atoms with E-state index in [1.807, 2.05) is 12.1 Å². The molecule has 0 unspecified atom stereocenters. The normalized spacial score (nSPS) is 10.8. The molecule has 0 aromatic heterocycles. The molecule has 0 aliphatic heterocycles. The van der Waals surface area contributed by atoms with Gasteiger partial charge in [-0.15, -0.1) is 0 Å². The lowest BCUT2D eigenvalue weighted by molar-refractivity contribution is 0.104. The van der Waals surface area contributed by atoms with E-state index in [4.69, 9.17) is 9.47 Å². The Morgan fingerprint density at radius 1 is 1.06 bits per heavy atom. The summed E-state index contributed by atoms with van der Waals surface area (Å²) in [6.07, 6.45) is 1.84. The first-order valence-corrected chi connectivity index (χ1v) is 6.35. The van der Waals surface area contributed by atoms with Crippen molar-refractivity contribution in [2.45, 2.75) is 12.8 Å². The van der Waals surface area contributed by atoms with Crippen molar-refractivity contribution in [1.29, 1.82) is 0 Å². The fourth-order valence-electron chi connectivity index (χ4n) is 1.56. The molecule has 0 aliphatic carbocycles. The van der Waals surface area contributed by atoms with Gasteiger partial charge in [-0.05, 0) is 37.1 Å². The lowest BCUT2D eigenvalue weighted by Crippen LogP contribution is -2.22. The maximum Gasteiger partial charge on any atom is 0.123 e. The summed E-state index contributed by atoms with van der Waals surface area (Å²) >= 11 is 0. The first-order chi connectivity index (χ1) is 8.83. The molecule has 1 N–H and O–H groups in total. The number of methoxy groups -OCH3 is 1. The van der Waals surface area contributed by atoms with Gasteiger partial charge in [0.2, 0.25) is 0 Å². The van der Waals surface area contributed by atoms with Gasteiger partial charge in [0.1, 0.15) is 5.82 Å². The van der Waals surface area contributed by atoms with E-state index in [0.29, 0.717) is 6.61 Å². The first-order valence-electron chi connectivity index (χ1n) is 6.35. The van der Waals surface area contributed by atoms with Gasteiger partial charge >= 0.3 is 0 Å². The van der Waals surface area contributed by atoms with Gasteiger partial charge in [0, 0.05) is 26.9 Å². The molecule has 0 atom stereocenters.